The summed E-state index contributed by atoms with van der Waals surface area (Å²) in [5, 5.41) is 9.20. The SMILES string of the molecule is CCn1c(SCC(=O)N2CCN(c3ccc(F)cc3)CC2)nnc1C(C)Oc1ccc(F)cc1. The van der Waals surface area contributed by atoms with Gasteiger partial charge in [-0.05, 0) is 62.4 Å². The van der Waals surface area contributed by atoms with E-state index in [2.05, 4.69) is 15.1 Å². The van der Waals surface area contributed by atoms with Gasteiger partial charge in [-0.25, -0.2) is 8.78 Å². The number of ether oxygens (including phenoxy) is 1. The van der Waals surface area contributed by atoms with Gasteiger partial charge < -0.3 is 19.1 Å². The van der Waals surface area contributed by atoms with Crippen molar-refractivity contribution < 1.29 is 18.3 Å². The van der Waals surface area contributed by atoms with Gasteiger partial charge in [0, 0.05) is 38.4 Å². The molecule has 1 saturated heterocycles. The molecular weight excluding hydrogens is 460 g/mol. The molecular formula is C24H27F2N5O2S. The van der Waals surface area contributed by atoms with Gasteiger partial charge in [-0.1, -0.05) is 11.8 Å². The molecule has 3 aromatic rings. The molecule has 1 atom stereocenters. The summed E-state index contributed by atoms with van der Waals surface area (Å²) in [7, 11) is 0. The molecule has 1 aromatic heterocycles. The fourth-order valence-electron chi connectivity index (χ4n) is 3.86. The predicted molar refractivity (Wildman–Crippen MR) is 127 cm³/mol. The topological polar surface area (TPSA) is 63.5 Å². The summed E-state index contributed by atoms with van der Waals surface area (Å²) in [6, 6.07) is 12.3. The molecule has 2 heterocycles. The Balaban J connectivity index is 1.31. The van der Waals surface area contributed by atoms with Gasteiger partial charge in [0.05, 0.1) is 5.75 Å². The number of carbonyl (C=O) groups is 1. The number of hydrogen-bond acceptors (Lipinski definition) is 6. The molecule has 34 heavy (non-hydrogen) atoms. The van der Waals surface area contributed by atoms with E-state index in [0.29, 0.717) is 49.5 Å². The minimum atomic E-state index is -0.387. The van der Waals surface area contributed by atoms with Crippen molar-refractivity contribution in [3.05, 3.63) is 66.0 Å². The molecule has 2 aromatic carbocycles. The standard InChI is InChI=1S/C24H27F2N5O2S/c1-3-31-23(17(2)33-21-10-6-19(26)7-11-21)27-28-24(31)34-16-22(32)30-14-12-29(13-15-30)20-8-4-18(25)5-9-20/h4-11,17H,3,12-16H2,1-2H3. The number of aromatic nitrogens is 3. The monoisotopic (exact) mass is 487 g/mol. The molecule has 0 N–H and O–H groups in total. The van der Waals surface area contributed by atoms with Crippen molar-refractivity contribution in [2.24, 2.45) is 0 Å². The number of carbonyl (C=O) groups excluding carboxylic acids is 1. The number of amides is 1. The van der Waals surface area contributed by atoms with Crippen molar-refractivity contribution in [1.29, 1.82) is 0 Å². The predicted octanol–water partition coefficient (Wildman–Crippen LogP) is 4.16. The van der Waals surface area contributed by atoms with E-state index < -0.39 is 0 Å². The van der Waals surface area contributed by atoms with Gasteiger partial charge in [0.2, 0.25) is 5.91 Å². The summed E-state index contributed by atoms with van der Waals surface area (Å²) >= 11 is 1.36. The first kappa shape index (κ1) is 24.0. The molecule has 1 fully saturated rings. The molecule has 1 aliphatic heterocycles. The molecule has 0 aliphatic carbocycles. The molecule has 180 valence electrons. The lowest BCUT2D eigenvalue weighted by molar-refractivity contribution is -0.128. The number of benzene rings is 2. The van der Waals surface area contributed by atoms with Crippen molar-refractivity contribution in [1.82, 2.24) is 19.7 Å². The van der Waals surface area contributed by atoms with Crippen LogP contribution >= 0.6 is 11.8 Å². The average molecular weight is 488 g/mol. The third-order valence-electron chi connectivity index (χ3n) is 5.70. The van der Waals surface area contributed by atoms with Crippen molar-refractivity contribution in [3.63, 3.8) is 0 Å². The van der Waals surface area contributed by atoms with Gasteiger partial charge in [-0.3, -0.25) is 4.79 Å². The minimum Gasteiger partial charge on any atom is -0.483 e. The first-order chi connectivity index (χ1) is 16.4. The van der Waals surface area contributed by atoms with Gasteiger partial charge in [0.15, 0.2) is 17.1 Å². The molecule has 0 saturated carbocycles. The molecule has 0 spiro atoms. The third-order valence-corrected chi connectivity index (χ3v) is 6.65. The lowest BCUT2D eigenvalue weighted by atomic mass is 10.2. The average Bonchev–Trinajstić information content (AvgIpc) is 3.27. The maximum atomic E-state index is 13.2. The third kappa shape index (κ3) is 5.67. The van der Waals surface area contributed by atoms with Crippen LogP contribution in [-0.2, 0) is 11.3 Å². The van der Waals surface area contributed by atoms with Crippen molar-refractivity contribution in [2.45, 2.75) is 31.7 Å². The first-order valence-corrected chi connectivity index (χ1v) is 12.2. The fraction of sp³-hybridized carbons (Fsp3) is 0.375. The Bertz CT molecular complexity index is 1100. The molecule has 0 bridgehead atoms. The Labute approximate surface area is 201 Å². The lowest BCUT2D eigenvalue weighted by Gasteiger charge is -2.36. The Hall–Kier alpha value is -3.14. The van der Waals surface area contributed by atoms with Crippen LogP contribution in [-0.4, -0.2) is 57.5 Å². The number of piperazine rings is 1. The van der Waals surface area contributed by atoms with Crippen LogP contribution in [0.15, 0.2) is 53.7 Å². The smallest absolute Gasteiger partial charge is 0.233 e. The molecule has 1 aliphatic rings. The summed E-state index contributed by atoms with van der Waals surface area (Å²) in [4.78, 5) is 16.8. The highest BCUT2D eigenvalue weighted by atomic mass is 32.2. The maximum absolute atomic E-state index is 13.2. The number of rotatable bonds is 8. The number of anilines is 1. The molecule has 1 amide bonds. The van der Waals surface area contributed by atoms with E-state index >= 15 is 0 Å². The second-order valence-electron chi connectivity index (χ2n) is 7.93. The van der Waals surface area contributed by atoms with Gasteiger partial charge in [0.1, 0.15) is 17.4 Å². The Morgan fingerprint density at radius 3 is 2.24 bits per heavy atom. The molecule has 7 nitrogen and oxygen atoms in total. The van der Waals surface area contributed by atoms with Crippen LogP contribution in [0.2, 0.25) is 0 Å². The molecule has 1 unspecified atom stereocenters. The zero-order chi connectivity index (χ0) is 24.1. The van der Waals surface area contributed by atoms with E-state index in [1.807, 2.05) is 23.3 Å². The van der Waals surface area contributed by atoms with Crippen molar-refractivity contribution in [3.8, 4) is 5.75 Å². The summed E-state index contributed by atoms with van der Waals surface area (Å²) in [5.41, 5.74) is 0.962. The van der Waals surface area contributed by atoms with E-state index in [0.717, 1.165) is 5.69 Å². The quantitative estimate of drug-likeness (QED) is 0.445. The van der Waals surface area contributed by atoms with Crippen LogP contribution in [0.4, 0.5) is 14.5 Å². The van der Waals surface area contributed by atoms with Crippen LogP contribution in [0.1, 0.15) is 25.8 Å². The second-order valence-corrected chi connectivity index (χ2v) is 8.87. The highest BCUT2D eigenvalue weighted by Gasteiger charge is 2.23. The van der Waals surface area contributed by atoms with Crippen molar-refractivity contribution in [2.75, 3.05) is 36.8 Å². The van der Waals surface area contributed by atoms with Gasteiger partial charge >= 0.3 is 0 Å². The van der Waals surface area contributed by atoms with Crippen LogP contribution in [0.25, 0.3) is 0 Å². The normalized spacial score (nSPS) is 14.8. The van der Waals surface area contributed by atoms with Crippen LogP contribution in [0, 0.1) is 11.6 Å². The van der Waals surface area contributed by atoms with Gasteiger partial charge in [-0.15, -0.1) is 10.2 Å². The molecule has 0 radical (unpaired) electrons. The fourth-order valence-corrected chi connectivity index (χ4v) is 4.77. The highest BCUT2D eigenvalue weighted by molar-refractivity contribution is 7.99. The van der Waals surface area contributed by atoms with Crippen LogP contribution in [0.3, 0.4) is 0 Å². The van der Waals surface area contributed by atoms with E-state index in [1.165, 1.54) is 36.0 Å². The Kier molecular flexibility index (Phi) is 7.66. The summed E-state index contributed by atoms with van der Waals surface area (Å²) in [5.74, 6) is 0.929. The van der Waals surface area contributed by atoms with E-state index in [4.69, 9.17) is 4.74 Å². The Morgan fingerprint density at radius 1 is 1.00 bits per heavy atom. The second kappa shape index (κ2) is 10.9. The lowest BCUT2D eigenvalue weighted by Crippen LogP contribution is -2.49. The number of nitrogens with zero attached hydrogens (tertiary/aromatic N) is 5. The summed E-state index contributed by atoms with van der Waals surface area (Å²) in [6.45, 7) is 7.12. The number of halogens is 2. The molecule has 4 rings (SSSR count). The highest BCUT2D eigenvalue weighted by Crippen LogP contribution is 2.25. The van der Waals surface area contributed by atoms with Crippen LogP contribution < -0.4 is 9.64 Å². The van der Waals surface area contributed by atoms with Crippen molar-refractivity contribution >= 4 is 23.4 Å². The van der Waals surface area contributed by atoms with E-state index in [-0.39, 0.29) is 29.4 Å². The minimum absolute atomic E-state index is 0.0477. The summed E-state index contributed by atoms with van der Waals surface area (Å²) in [6.07, 6.45) is -0.387. The van der Waals surface area contributed by atoms with Gasteiger partial charge in [-0.2, -0.15) is 0 Å². The van der Waals surface area contributed by atoms with E-state index in [9.17, 15) is 13.6 Å². The Morgan fingerprint density at radius 2 is 1.62 bits per heavy atom. The number of hydrogen-bond donors (Lipinski definition) is 0. The summed E-state index contributed by atoms with van der Waals surface area (Å²) < 4.78 is 34.1. The number of thioether (sulfide) groups is 1. The largest absolute Gasteiger partial charge is 0.483 e. The zero-order valence-corrected chi connectivity index (χ0v) is 20.0. The maximum Gasteiger partial charge on any atom is 0.233 e. The van der Waals surface area contributed by atoms with E-state index in [1.54, 1.807) is 24.3 Å². The first-order valence-electron chi connectivity index (χ1n) is 11.2. The zero-order valence-electron chi connectivity index (χ0n) is 19.2. The van der Waals surface area contributed by atoms with Gasteiger partial charge in [0.25, 0.3) is 0 Å². The molecule has 10 heteroatoms. The van der Waals surface area contributed by atoms with Crippen LogP contribution in [0.5, 0.6) is 5.75 Å².